The van der Waals surface area contributed by atoms with Crippen LogP contribution in [0.5, 0.6) is 0 Å². The van der Waals surface area contributed by atoms with Gasteiger partial charge in [-0.15, -0.1) is 0 Å². The molecule has 8 heteroatoms. The highest BCUT2D eigenvalue weighted by Gasteiger charge is 2.20. The Hall–Kier alpha value is -1.73. The minimum atomic E-state index is -0.951. The molecule has 1 aromatic carbocycles. The van der Waals surface area contributed by atoms with Gasteiger partial charge in [-0.2, -0.15) is 12.6 Å². The van der Waals surface area contributed by atoms with Crippen LogP contribution in [0.3, 0.4) is 0 Å². The zero-order valence-corrected chi connectivity index (χ0v) is 17.8. The molecule has 0 aliphatic heterocycles. The lowest BCUT2D eigenvalue weighted by Gasteiger charge is -2.09. The Morgan fingerprint density at radius 3 is 2.50 bits per heavy atom. The molecule has 0 radical (unpaired) electrons. The molecule has 0 bridgehead atoms. The Bertz CT molecular complexity index is 672. The van der Waals surface area contributed by atoms with Gasteiger partial charge in [0.05, 0.1) is 5.92 Å². The van der Waals surface area contributed by atoms with Gasteiger partial charge in [0.25, 0.3) is 0 Å². The van der Waals surface area contributed by atoms with Gasteiger partial charge in [0.2, 0.25) is 11.8 Å². The molecule has 5 N–H and O–H groups in total. The highest BCUT2D eigenvalue weighted by Crippen LogP contribution is 2.33. The van der Waals surface area contributed by atoms with E-state index < -0.39 is 23.8 Å². The van der Waals surface area contributed by atoms with Crippen molar-refractivity contribution in [1.29, 1.82) is 0 Å². The van der Waals surface area contributed by atoms with Crippen molar-refractivity contribution in [3.05, 3.63) is 34.9 Å². The van der Waals surface area contributed by atoms with Gasteiger partial charge in [0.15, 0.2) is 0 Å². The van der Waals surface area contributed by atoms with Gasteiger partial charge in [-0.05, 0) is 48.8 Å². The molecule has 3 atom stereocenters. The molecule has 0 aromatic heterocycles. The Labute approximate surface area is 177 Å². The second-order valence-electron chi connectivity index (χ2n) is 7.35. The van der Waals surface area contributed by atoms with Crippen LogP contribution in [0.1, 0.15) is 44.6 Å². The van der Waals surface area contributed by atoms with Crippen molar-refractivity contribution in [1.82, 2.24) is 5.32 Å². The van der Waals surface area contributed by atoms with E-state index >= 15 is 0 Å². The van der Waals surface area contributed by atoms with Crippen LogP contribution in [0.4, 0.5) is 4.79 Å². The van der Waals surface area contributed by atoms with E-state index in [0.717, 1.165) is 16.9 Å². The van der Waals surface area contributed by atoms with Gasteiger partial charge in [0, 0.05) is 17.2 Å². The average molecular weight is 428 g/mol. The van der Waals surface area contributed by atoms with Gasteiger partial charge in [0.1, 0.15) is 0 Å². The second-order valence-corrected chi connectivity index (χ2v) is 8.15. The molecule has 1 aliphatic rings. The number of amides is 4. The Balaban J connectivity index is 0.000000284. The minimum absolute atomic E-state index is 0.154. The summed E-state index contributed by atoms with van der Waals surface area (Å²) < 4.78 is 0. The molecule has 3 unspecified atom stereocenters. The summed E-state index contributed by atoms with van der Waals surface area (Å²) in [7, 11) is 0. The number of carbonyl (C=O) groups is 3. The summed E-state index contributed by atoms with van der Waals surface area (Å²) >= 11 is 9.79. The SMILES string of the molecule is CC1CCC(CCc2cccc(Cl)c2)C1.NC(=O)NC(=O)CC(CS)C(N)=O. The van der Waals surface area contributed by atoms with E-state index in [9.17, 15) is 14.4 Å². The lowest BCUT2D eigenvalue weighted by atomic mass is 9.97. The smallest absolute Gasteiger partial charge is 0.318 e. The van der Waals surface area contributed by atoms with Crippen molar-refractivity contribution >= 4 is 42.1 Å². The second kappa shape index (κ2) is 12.7. The van der Waals surface area contributed by atoms with Crippen LogP contribution in [0.25, 0.3) is 0 Å². The summed E-state index contributed by atoms with van der Waals surface area (Å²) in [6, 6.07) is 7.33. The summed E-state index contributed by atoms with van der Waals surface area (Å²) in [6.07, 6.45) is 6.65. The number of hydrogen-bond donors (Lipinski definition) is 4. The summed E-state index contributed by atoms with van der Waals surface area (Å²) in [4.78, 5) is 31.7. The lowest BCUT2D eigenvalue weighted by Crippen LogP contribution is -2.38. The topological polar surface area (TPSA) is 115 Å². The maximum Gasteiger partial charge on any atom is 0.318 e. The highest BCUT2D eigenvalue weighted by molar-refractivity contribution is 7.80. The van der Waals surface area contributed by atoms with Crippen molar-refractivity contribution in [2.45, 2.75) is 45.4 Å². The van der Waals surface area contributed by atoms with E-state index in [0.29, 0.717) is 0 Å². The monoisotopic (exact) mass is 427 g/mol. The van der Waals surface area contributed by atoms with E-state index in [4.69, 9.17) is 17.3 Å². The number of benzene rings is 1. The van der Waals surface area contributed by atoms with Crippen molar-refractivity contribution in [3.8, 4) is 0 Å². The Morgan fingerprint density at radius 1 is 1.29 bits per heavy atom. The third-order valence-corrected chi connectivity index (χ3v) is 5.53. The van der Waals surface area contributed by atoms with Crippen LogP contribution in [0.15, 0.2) is 24.3 Å². The number of nitrogens with one attached hydrogen (secondary N) is 1. The third kappa shape index (κ3) is 9.99. The zero-order valence-electron chi connectivity index (χ0n) is 16.2. The van der Waals surface area contributed by atoms with Crippen molar-refractivity contribution in [3.63, 3.8) is 0 Å². The predicted molar refractivity (Wildman–Crippen MR) is 115 cm³/mol. The summed E-state index contributed by atoms with van der Waals surface area (Å²) in [6.45, 7) is 2.37. The molecule has 1 aromatic rings. The quantitative estimate of drug-likeness (QED) is 0.500. The Kier molecular flexibility index (Phi) is 11.0. The molecule has 0 saturated heterocycles. The van der Waals surface area contributed by atoms with Crippen LogP contribution in [-0.4, -0.2) is 23.6 Å². The van der Waals surface area contributed by atoms with Gasteiger partial charge in [-0.3, -0.25) is 14.9 Å². The van der Waals surface area contributed by atoms with Crippen LogP contribution >= 0.6 is 24.2 Å². The zero-order chi connectivity index (χ0) is 21.1. The van der Waals surface area contributed by atoms with Crippen molar-refractivity contribution in [2.24, 2.45) is 29.2 Å². The van der Waals surface area contributed by atoms with E-state index in [1.807, 2.05) is 11.4 Å². The number of thiol groups is 1. The van der Waals surface area contributed by atoms with Crippen LogP contribution in [0.2, 0.25) is 5.02 Å². The molecule has 0 heterocycles. The number of carbonyl (C=O) groups excluding carboxylic acids is 3. The molecule has 156 valence electrons. The number of hydrogen-bond acceptors (Lipinski definition) is 4. The van der Waals surface area contributed by atoms with E-state index in [-0.39, 0.29) is 12.2 Å². The average Bonchev–Trinajstić information content (AvgIpc) is 3.03. The largest absolute Gasteiger partial charge is 0.369 e. The highest BCUT2D eigenvalue weighted by atomic mass is 35.5. The molecule has 28 heavy (non-hydrogen) atoms. The summed E-state index contributed by atoms with van der Waals surface area (Å²) in [5, 5.41) is 2.69. The number of primary amides is 2. The van der Waals surface area contributed by atoms with Crippen molar-refractivity contribution < 1.29 is 14.4 Å². The molecular formula is C20H30ClN3O3S. The fraction of sp³-hybridized carbons (Fsp3) is 0.550. The van der Waals surface area contributed by atoms with Gasteiger partial charge in [-0.25, -0.2) is 4.79 Å². The first-order chi connectivity index (χ1) is 13.2. The van der Waals surface area contributed by atoms with Crippen LogP contribution < -0.4 is 16.8 Å². The molecule has 1 fully saturated rings. The number of imide groups is 1. The predicted octanol–water partition coefficient (Wildman–Crippen LogP) is 3.31. The molecule has 6 nitrogen and oxygen atoms in total. The van der Waals surface area contributed by atoms with Gasteiger partial charge in [-0.1, -0.05) is 43.5 Å². The van der Waals surface area contributed by atoms with Crippen LogP contribution in [0, 0.1) is 17.8 Å². The lowest BCUT2D eigenvalue weighted by molar-refractivity contribution is -0.127. The number of nitrogens with two attached hydrogens (primary N) is 2. The first-order valence-electron chi connectivity index (χ1n) is 9.45. The number of urea groups is 1. The van der Waals surface area contributed by atoms with Gasteiger partial charge < -0.3 is 11.5 Å². The maximum absolute atomic E-state index is 10.9. The number of rotatable bonds is 7. The fourth-order valence-corrected chi connectivity index (χ4v) is 3.84. The fourth-order valence-electron chi connectivity index (χ4n) is 3.32. The van der Waals surface area contributed by atoms with Crippen molar-refractivity contribution in [2.75, 3.05) is 5.75 Å². The third-order valence-electron chi connectivity index (χ3n) is 4.85. The first-order valence-corrected chi connectivity index (χ1v) is 10.5. The molecule has 1 aliphatic carbocycles. The van der Waals surface area contributed by atoms with Gasteiger partial charge >= 0.3 is 6.03 Å². The number of halogens is 1. The molecule has 4 amide bonds. The molecule has 1 saturated carbocycles. The molecule has 0 spiro atoms. The van der Waals surface area contributed by atoms with E-state index in [1.165, 1.54) is 37.7 Å². The standard InChI is InChI=1S/C14H19Cl.C6H11N3O3S/c1-11-5-6-13(9-11)8-7-12-3-2-4-14(15)10-12;7-5(11)3(2-13)1-4(10)9-6(8)12/h2-4,10-11,13H,5-9H2,1H3;3,13H,1-2H2,(H2,7,11)(H3,8,9,10,12). The maximum atomic E-state index is 10.9. The first kappa shape index (κ1) is 24.3. The Morgan fingerprint density at radius 2 is 2.00 bits per heavy atom. The molecular weight excluding hydrogens is 398 g/mol. The molecule has 2 rings (SSSR count). The summed E-state index contributed by atoms with van der Waals surface area (Å²) in [5.74, 6) is 0.123. The minimum Gasteiger partial charge on any atom is -0.369 e. The van der Waals surface area contributed by atoms with E-state index in [2.05, 4.69) is 43.5 Å². The number of aryl methyl sites for hydroxylation is 1. The summed E-state index contributed by atoms with van der Waals surface area (Å²) in [5.41, 5.74) is 11.0. The van der Waals surface area contributed by atoms with Crippen LogP contribution in [-0.2, 0) is 16.0 Å². The van der Waals surface area contributed by atoms with E-state index in [1.54, 1.807) is 0 Å². The normalized spacial score (nSPS) is 19.2.